The van der Waals surface area contributed by atoms with Crippen LogP contribution in [0.2, 0.25) is 0 Å². The van der Waals surface area contributed by atoms with Crippen LogP contribution >= 0.6 is 0 Å². The van der Waals surface area contributed by atoms with Crippen molar-refractivity contribution >= 4 is 11.7 Å². The summed E-state index contributed by atoms with van der Waals surface area (Å²) in [6.45, 7) is 2.03. The second-order valence-corrected chi connectivity index (χ2v) is 4.25. The second kappa shape index (κ2) is 5.36. The van der Waals surface area contributed by atoms with Crippen molar-refractivity contribution in [3.63, 3.8) is 0 Å². The van der Waals surface area contributed by atoms with E-state index in [4.69, 9.17) is 5.73 Å². The Labute approximate surface area is 107 Å². The van der Waals surface area contributed by atoms with Gasteiger partial charge in [0.05, 0.1) is 0 Å². The van der Waals surface area contributed by atoms with E-state index < -0.39 is 6.03 Å². The molecular formula is C15H16N2O. The van der Waals surface area contributed by atoms with Crippen molar-refractivity contribution < 1.29 is 4.79 Å². The Kier molecular flexibility index (Phi) is 3.63. The summed E-state index contributed by atoms with van der Waals surface area (Å²) in [5.41, 5.74) is 9.42. The maximum atomic E-state index is 11.0. The fraction of sp³-hybridized carbons (Fsp3) is 0.133. The largest absolute Gasteiger partial charge is 0.351 e. The molecule has 0 unspecified atom stereocenters. The summed E-state index contributed by atoms with van der Waals surface area (Å²) in [5.74, 6) is 0. The molecular weight excluding hydrogens is 224 g/mol. The molecule has 0 spiro atoms. The highest BCUT2D eigenvalue weighted by Gasteiger charge is 2.07. The van der Waals surface area contributed by atoms with E-state index in [1.165, 1.54) is 5.56 Å². The third-order valence-electron chi connectivity index (χ3n) is 2.89. The number of hydrogen-bond acceptors (Lipinski definition) is 1. The standard InChI is InChI=1S/C15H16N2O/c1-11-6-5-9-14(17-15(16)18)13(11)10-12-7-3-2-4-8-12/h2-9H,10H2,1H3,(H3,16,17,18). The molecule has 3 heteroatoms. The van der Waals surface area contributed by atoms with Gasteiger partial charge in [-0.3, -0.25) is 0 Å². The number of amides is 2. The van der Waals surface area contributed by atoms with E-state index in [0.717, 1.165) is 23.2 Å². The quantitative estimate of drug-likeness (QED) is 0.851. The molecule has 0 bridgehead atoms. The zero-order chi connectivity index (χ0) is 13.0. The van der Waals surface area contributed by atoms with Crippen LogP contribution in [0.3, 0.4) is 0 Å². The number of benzene rings is 2. The lowest BCUT2D eigenvalue weighted by molar-refractivity contribution is 0.259. The van der Waals surface area contributed by atoms with E-state index in [1.807, 2.05) is 43.3 Å². The highest BCUT2D eigenvalue weighted by atomic mass is 16.2. The van der Waals surface area contributed by atoms with Crippen molar-refractivity contribution in [1.82, 2.24) is 0 Å². The van der Waals surface area contributed by atoms with Crippen LogP contribution in [0.4, 0.5) is 10.5 Å². The highest BCUT2D eigenvalue weighted by Crippen LogP contribution is 2.22. The molecule has 92 valence electrons. The Morgan fingerprint density at radius 3 is 2.50 bits per heavy atom. The van der Waals surface area contributed by atoms with Gasteiger partial charge in [0.2, 0.25) is 0 Å². The first-order valence-corrected chi connectivity index (χ1v) is 5.85. The van der Waals surface area contributed by atoms with E-state index >= 15 is 0 Å². The molecule has 0 aliphatic rings. The molecule has 0 aliphatic carbocycles. The number of hydrogen-bond donors (Lipinski definition) is 2. The van der Waals surface area contributed by atoms with Gasteiger partial charge in [-0.2, -0.15) is 0 Å². The van der Waals surface area contributed by atoms with E-state index in [0.29, 0.717) is 0 Å². The van der Waals surface area contributed by atoms with Crippen molar-refractivity contribution in [1.29, 1.82) is 0 Å². The van der Waals surface area contributed by atoms with Crippen LogP contribution < -0.4 is 11.1 Å². The fourth-order valence-corrected chi connectivity index (χ4v) is 1.99. The molecule has 3 nitrogen and oxygen atoms in total. The lowest BCUT2D eigenvalue weighted by Crippen LogP contribution is -2.20. The van der Waals surface area contributed by atoms with Gasteiger partial charge in [-0.05, 0) is 36.1 Å². The van der Waals surface area contributed by atoms with Crippen LogP contribution in [0.15, 0.2) is 48.5 Å². The Balaban J connectivity index is 2.34. The fourth-order valence-electron chi connectivity index (χ4n) is 1.99. The maximum Gasteiger partial charge on any atom is 0.316 e. The Morgan fingerprint density at radius 2 is 1.83 bits per heavy atom. The zero-order valence-corrected chi connectivity index (χ0v) is 10.3. The van der Waals surface area contributed by atoms with Gasteiger partial charge in [-0.1, -0.05) is 42.5 Å². The number of urea groups is 1. The van der Waals surface area contributed by atoms with Crippen LogP contribution in [0, 0.1) is 6.92 Å². The minimum atomic E-state index is -0.532. The van der Waals surface area contributed by atoms with Crippen molar-refractivity contribution in [3.8, 4) is 0 Å². The molecule has 2 rings (SSSR count). The topological polar surface area (TPSA) is 55.1 Å². The van der Waals surface area contributed by atoms with Crippen molar-refractivity contribution in [3.05, 3.63) is 65.2 Å². The van der Waals surface area contributed by atoms with Crippen molar-refractivity contribution in [2.45, 2.75) is 13.3 Å². The Bertz CT molecular complexity index is 550. The number of aryl methyl sites for hydroxylation is 1. The van der Waals surface area contributed by atoms with Gasteiger partial charge in [-0.15, -0.1) is 0 Å². The lowest BCUT2D eigenvalue weighted by atomic mass is 9.99. The summed E-state index contributed by atoms with van der Waals surface area (Å²) in [6, 6.07) is 15.4. The first-order chi connectivity index (χ1) is 8.66. The number of primary amides is 1. The summed E-state index contributed by atoms with van der Waals surface area (Å²) in [7, 11) is 0. The van der Waals surface area contributed by atoms with Crippen molar-refractivity contribution in [2.24, 2.45) is 5.73 Å². The Morgan fingerprint density at radius 1 is 1.11 bits per heavy atom. The van der Waals surface area contributed by atoms with Crippen LogP contribution in [-0.2, 0) is 6.42 Å². The van der Waals surface area contributed by atoms with Gasteiger partial charge < -0.3 is 11.1 Å². The second-order valence-electron chi connectivity index (χ2n) is 4.25. The minimum absolute atomic E-state index is 0.532. The number of nitrogens with one attached hydrogen (secondary N) is 1. The molecule has 2 amide bonds. The van der Waals surface area contributed by atoms with Gasteiger partial charge in [0.1, 0.15) is 0 Å². The molecule has 0 saturated heterocycles. The van der Waals surface area contributed by atoms with Gasteiger partial charge >= 0.3 is 6.03 Å². The third-order valence-corrected chi connectivity index (χ3v) is 2.89. The monoisotopic (exact) mass is 240 g/mol. The number of anilines is 1. The molecule has 3 N–H and O–H groups in total. The van der Waals surface area contributed by atoms with Crippen LogP contribution in [0.1, 0.15) is 16.7 Å². The predicted octanol–water partition coefficient (Wildman–Crippen LogP) is 3.08. The average molecular weight is 240 g/mol. The third kappa shape index (κ3) is 2.88. The average Bonchev–Trinajstić information content (AvgIpc) is 2.34. The Hall–Kier alpha value is -2.29. The number of carbonyl (C=O) groups excluding carboxylic acids is 1. The normalized spacial score (nSPS) is 10.1. The lowest BCUT2D eigenvalue weighted by Gasteiger charge is -2.12. The molecule has 0 saturated carbocycles. The van der Waals surface area contributed by atoms with E-state index in [1.54, 1.807) is 0 Å². The molecule has 2 aromatic rings. The molecule has 0 aliphatic heterocycles. The molecule has 2 aromatic carbocycles. The van der Waals surface area contributed by atoms with Gasteiger partial charge in [-0.25, -0.2) is 4.79 Å². The molecule has 0 heterocycles. The molecule has 0 aromatic heterocycles. The number of nitrogens with two attached hydrogens (primary N) is 1. The van der Waals surface area contributed by atoms with Crippen LogP contribution in [0.5, 0.6) is 0 Å². The maximum absolute atomic E-state index is 11.0. The molecule has 0 atom stereocenters. The number of carbonyl (C=O) groups is 1. The number of rotatable bonds is 3. The van der Waals surface area contributed by atoms with Gasteiger partial charge in [0.15, 0.2) is 0 Å². The summed E-state index contributed by atoms with van der Waals surface area (Å²) < 4.78 is 0. The molecule has 0 radical (unpaired) electrons. The summed E-state index contributed by atoms with van der Waals surface area (Å²) in [4.78, 5) is 11.0. The van der Waals surface area contributed by atoms with Crippen LogP contribution in [0.25, 0.3) is 0 Å². The smallest absolute Gasteiger partial charge is 0.316 e. The van der Waals surface area contributed by atoms with E-state index in [-0.39, 0.29) is 0 Å². The van der Waals surface area contributed by atoms with Gasteiger partial charge in [0, 0.05) is 5.69 Å². The molecule has 0 fully saturated rings. The van der Waals surface area contributed by atoms with Gasteiger partial charge in [0.25, 0.3) is 0 Å². The van der Waals surface area contributed by atoms with E-state index in [9.17, 15) is 4.79 Å². The summed E-state index contributed by atoms with van der Waals surface area (Å²) >= 11 is 0. The van der Waals surface area contributed by atoms with Crippen LogP contribution in [-0.4, -0.2) is 6.03 Å². The SMILES string of the molecule is Cc1cccc(NC(N)=O)c1Cc1ccccc1. The predicted molar refractivity (Wildman–Crippen MR) is 73.6 cm³/mol. The highest BCUT2D eigenvalue weighted by molar-refractivity contribution is 5.89. The molecule has 18 heavy (non-hydrogen) atoms. The summed E-state index contributed by atoms with van der Waals surface area (Å²) in [6.07, 6.45) is 0.781. The van der Waals surface area contributed by atoms with E-state index in [2.05, 4.69) is 17.4 Å². The first kappa shape index (κ1) is 12.2. The zero-order valence-electron chi connectivity index (χ0n) is 10.3. The van der Waals surface area contributed by atoms with Crippen molar-refractivity contribution in [2.75, 3.05) is 5.32 Å². The minimum Gasteiger partial charge on any atom is -0.351 e. The first-order valence-electron chi connectivity index (χ1n) is 5.85. The summed E-state index contributed by atoms with van der Waals surface area (Å²) in [5, 5.41) is 2.67.